The number of hydrogen-bond donors (Lipinski definition) is 0. The minimum atomic E-state index is -3.70. The molecule has 2 aromatic carbocycles. The van der Waals surface area contributed by atoms with Crippen LogP contribution >= 0.6 is 11.6 Å². The minimum absolute atomic E-state index is 0.250. The first-order chi connectivity index (χ1) is 17.1. The average molecular weight is 535 g/mol. The van der Waals surface area contributed by atoms with Crippen LogP contribution in [0.2, 0.25) is 5.02 Å². The summed E-state index contributed by atoms with van der Waals surface area (Å²) in [7, 11) is -0.142. The number of ether oxygens (including phenoxy) is 2. The van der Waals surface area contributed by atoms with E-state index < -0.39 is 21.3 Å². The summed E-state index contributed by atoms with van der Waals surface area (Å²) >= 11 is 6.12. The van der Waals surface area contributed by atoms with Crippen LogP contribution in [0.15, 0.2) is 47.5 Å². The first-order valence-electron chi connectivity index (χ1n) is 11.7. The quantitative estimate of drug-likeness (QED) is 0.565. The summed E-state index contributed by atoms with van der Waals surface area (Å²) in [4.78, 5) is 24.1. The smallest absolute Gasteiger partial charge is 0.326 e. The van der Waals surface area contributed by atoms with Crippen molar-refractivity contribution in [2.45, 2.75) is 18.3 Å². The van der Waals surface area contributed by atoms with Crippen molar-refractivity contribution in [3.05, 3.63) is 58.6 Å². The summed E-state index contributed by atoms with van der Waals surface area (Å²) in [5.74, 6) is 1.28. The zero-order valence-electron chi connectivity index (χ0n) is 20.8. The number of piperazine rings is 1. The molecule has 0 saturated carbocycles. The minimum Gasteiger partial charge on any atom is -0.497 e. The molecule has 1 saturated heterocycles. The standard InChI is InChI=1S/C25H31ClN4O5S/c1-5-35-21-16-19(34-3)10-11-20(21)23-27-24(36(4,32)33)22(17-6-8-18(26)9-7-17)30(23)25(31)29-14-12-28(2)13-15-29/h6-11,16,22,24H,5,12-15H2,1-4H3. The van der Waals surface area contributed by atoms with Gasteiger partial charge in [0.25, 0.3) is 0 Å². The highest BCUT2D eigenvalue weighted by Gasteiger charge is 2.48. The topological polar surface area (TPSA) is 91.8 Å². The second-order valence-electron chi connectivity index (χ2n) is 8.91. The molecule has 9 nitrogen and oxygen atoms in total. The second kappa shape index (κ2) is 10.7. The lowest BCUT2D eigenvalue weighted by Gasteiger charge is -2.37. The van der Waals surface area contributed by atoms with Crippen LogP contribution in [0.3, 0.4) is 0 Å². The fraction of sp³-hybridized carbons (Fsp3) is 0.440. The van der Waals surface area contributed by atoms with Crippen LogP contribution in [0.1, 0.15) is 24.1 Å². The summed E-state index contributed by atoms with van der Waals surface area (Å²) in [6.45, 7) is 4.71. The Labute approximate surface area is 217 Å². The van der Waals surface area contributed by atoms with Crippen molar-refractivity contribution in [2.75, 3.05) is 53.2 Å². The van der Waals surface area contributed by atoms with E-state index in [1.807, 2.05) is 14.0 Å². The average Bonchev–Trinajstić information content (AvgIpc) is 3.25. The van der Waals surface area contributed by atoms with Gasteiger partial charge in [0.1, 0.15) is 23.4 Å². The van der Waals surface area contributed by atoms with Gasteiger partial charge in [-0.25, -0.2) is 18.2 Å². The molecule has 0 bridgehead atoms. The summed E-state index contributed by atoms with van der Waals surface area (Å²) in [6, 6.07) is 10.9. The maximum absolute atomic E-state index is 14.1. The van der Waals surface area contributed by atoms with E-state index in [4.69, 9.17) is 21.1 Å². The molecule has 2 atom stereocenters. The SMILES string of the molecule is CCOc1cc(OC)ccc1C1=NC(S(C)(=O)=O)C(c2ccc(Cl)cc2)N1C(=O)N1CCN(C)CC1. The van der Waals surface area contributed by atoms with E-state index in [9.17, 15) is 13.2 Å². The molecule has 2 unspecified atom stereocenters. The zero-order valence-corrected chi connectivity index (χ0v) is 22.4. The number of amides is 2. The van der Waals surface area contributed by atoms with Crippen LogP contribution in [0.4, 0.5) is 4.79 Å². The van der Waals surface area contributed by atoms with Crippen LogP contribution in [0.25, 0.3) is 0 Å². The number of carbonyl (C=O) groups is 1. The summed E-state index contributed by atoms with van der Waals surface area (Å²) in [5.41, 5.74) is 1.15. The third kappa shape index (κ3) is 5.30. The Kier molecular flexibility index (Phi) is 7.77. The molecular weight excluding hydrogens is 504 g/mol. The Hall–Kier alpha value is -2.82. The Bertz CT molecular complexity index is 1240. The summed E-state index contributed by atoms with van der Waals surface area (Å²) < 4.78 is 37.3. The van der Waals surface area contributed by atoms with Gasteiger partial charge < -0.3 is 19.3 Å². The molecule has 4 rings (SSSR count). The van der Waals surface area contributed by atoms with Gasteiger partial charge in [-0.2, -0.15) is 0 Å². The van der Waals surface area contributed by atoms with Crippen molar-refractivity contribution >= 4 is 33.3 Å². The Balaban J connectivity index is 1.89. The summed E-state index contributed by atoms with van der Waals surface area (Å²) in [6.07, 6.45) is 1.14. The van der Waals surface area contributed by atoms with E-state index in [-0.39, 0.29) is 11.9 Å². The highest BCUT2D eigenvalue weighted by atomic mass is 35.5. The molecule has 11 heteroatoms. The molecule has 2 amide bonds. The number of methoxy groups -OCH3 is 1. The Morgan fingerprint density at radius 2 is 1.78 bits per heavy atom. The van der Waals surface area contributed by atoms with E-state index in [1.165, 1.54) is 4.90 Å². The molecule has 0 spiro atoms. The van der Waals surface area contributed by atoms with Crippen LogP contribution in [0.5, 0.6) is 11.5 Å². The third-order valence-corrected chi connectivity index (χ3v) is 7.88. The number of halogens is 1. The van der Waals surface area contributed by atoms with Gasteiger partial charge in [-0.1, -0.05) is 23.7 Å². The summed E-state index contributed by atoms with van der Waals surface area (Å²) in [5, 5.41) is -0.679. The molecule has 36 heavy (non-hydrogen) atoms. The van der Waals surface area contributed by atoms with Crippen LogP contribution in [-0.2, 0) is 9.84 Å². The van der Waals surface area contributed by atoms with Gasteiger partial charge in [-0.05, 0) is 43.8 Å². The molecule has 2 heterocycles. The predicted molar refractivity (Wildman–Crippen MR) is 140 cm³/mol. The number of amidine groups is 1. The third-order valence-electron chi connectivity index (χ3n) is 6.39. The molecule has 0 radical (unpaired) electrons. The number of rotatable bonds is 6. The van der Waals surface area contributed by atoms with Gasteiger partial charge in [0.05, 0.1) is 19.3 Å². The van der Waals surface area contributed by atoms with Crippen molar-refractivity contribution in [3.63, 3.8) is 0 Å². The molecule has 2 aliphatic heterocycles. The first kappa shape index (κ1) is 26.2. The van der Waals surface area contributed by atoms with Gasteiger partial charge in [0, 0.05) is 43.5 Å². The maximum Gasteiger partial charge on any atom is 0.326 e. The second-order valence-corrected chi connectivity index (χ2v) is 11.5. The van der Waals surface area contributed by atoms with Crippen LogP contribution in [-0.4, -0.2) is 93.6 Å². The monoisotopic (exact) mass is 534 g/mol. The molecule has 0 aliphatic carbocycles. The normalized spacial score (nSPS) is 20.9. The van der Waals surface area contributed by atoms with Crippen molar-refractivity contribution < 1.29 is 22.7 Å². The van der Waals surface area contributed by atoms with Gasteiger partial charge in [-0.3, -0.25) is 4.90 Å². The number of carbonyl (C=O) groups excluding carboxylic acids is 1. The molecule has 0 aromatic heterocycles. The number of sulfone groups is 1. The number of urea groups is 1. The number of aliphatic imine (C=N–C) groups is 1. The highest BCUT2D eigenvalue weighted by molar-refractivity contribution is 7.91. The Morgan fingerprint density at radius 1 is 1.11 bits per heavy atom. The highest BCUT2D eigenvalue weighted by Crippen LogP contribution is 2.40. The molecule has 2 aliphatic rings. The van der Waals surface area contributed by atoms with E-state index >= 15 is 0 Å². The van der Waals surface area contributed by atoms with Gasteiger partial charge in [-0.15, -0.1) is 0 Å². The zero-order chi connectivity index (χ0) is 26.0. The van der Waals surface area contributed by atoms with E-state index in [0.717, 1.165) is 19.3 Å². The number of hydrogen-bond acceptors (Lipinski definition) is 7. The van der Waals surface area contributed by atoms with E-state index in [1.54, 1.807) is 54.5 Å². The van der Waals surface area contributed by atoms with Crippen LogP contribution < -0.4 is 9.47 Å². The Morgan fingerprint density at radius 3 is 2.36 bits per heavy atom. The predicted octanol–water partition coefficient (Wildman–Crippen LogP) is 3.29. The van der Waals surface area contributed by atoms with Crippen molar-refractivity contribution in [1.82, 2.24) is 14.7 Å². The number of likely N-dealkylation sites (N-methyl/N-ethyl adjacent to an activating group) is 1. The fourth-order valence-corrected chi connectivity index (χ4v) is 5.63. The fourth-order valence-electron chi connectivity index (χ4n) is 4.46. The molecule has 194 valence electrons. The van der Waals surface area contributed by atoms with Gasteiger partial charge in [0.15, 0.2) is 15.2 Å². The van der Waals surface area contributed by atoms with E-state index in [2.05, 4.69) is 9.89 Å². The molecule has 1 fully saturated rings. The van der Waals surface area contributed by atoms with Crippen molar-refractivity contribution in [1.29, 1.82) is 0 Å². The molecular formula is C25H31ClN4O5S. The number of benzene rings is 2. The van der Waals surface area contributed by atoms with Gasteiger partial charge in [0.2, 0.25) is 0 Å². The first-order valence-corrected chi connectivity index (χ1v) is 14.1. The molecule has 2 aromatic rings. The van der Waals surface area contributed by atoms with Crippen molar-refractivity contribution in [2.24, 2.45) is 4.99 Å². The molecule has 0 N–H and O–H groups in total. The number of nitrogens with zero attached hydrogens (tertiary/aromatic N) is 4. The van der Waals surface area contributed by atoms with Gasteiger partial charge >= 0.3 is 6.03 Å². The lowest BCUT2D eigenvalue weighted by atomic mass is 10.1. The maximum atomic E-state index is 14.1. The van der Waals surface area contributed by atoms with Crippen molar-refractivity contribution in [3.8, 4) is 11.5 Å². The van der Waals surface area contributed by atoms with E-state index in [0.29, 0.717) is 47.3 Å². The van der Waals surface area contributed by atoms with Crippen LogP contribution in [0, 0.1) is 0 Å². The lowest BCUT2D eigenvalue weighted by molar-refractivity contribution is 0.132. The lowest BCUT2D eigenvalue weighted by Crippen LogP contribution is -2.53. The largest absolute Gasteiger partial charge is 0.497 e.